The molecule has 0 N–H and O–H groups in total. The Balaban J connectivity index is 2.22. The van der Waals surface area contributed by atoms with Crippen molar-refractivity contribution in [3.8, 4) is 17.1 Å². The highest BCUT2D eigenvalue weighted by atomic mass is 19.1. The van der Waals surface area contributed by atoms with Crippen LogP contribution in [-0.2, 0) is 16.6 Å². The SMILES string of the molecule is COC(=O)COc1cc(-c2ccncc2F)n(C)n1. The first-order valence-corrected chi connectivity index (χ1v) is 5.45. The maximum Gasteiger partial charge on any atom is 0.343 e. The molecule has 2 rings (SSSR count). The number of carbonyl (C=O) groups is 1. The number of rotatable bonds is 4. The van der Waals surface area contributed by atoms with Gasteiger partial charge in [-0.25, -0.2) is 9.18 Å². The lowest BCUT2D eigenvalue weighted by Crippen LogP contribution is -2.12. The summed E-state index contributed by atoms with van der Waals surface area (Å²) in [5, 5.41) is 4.03. The molecule has 6 nitrogen and oxygen atoms in total. The van der Waals surface area contributed by atoms with E-state index in [2.05, 4.69) is 14.8 Å². The summed E-state index contributed by atoms with van der Waals surface area (Å²) < 4.78 is 24.7. The van der Waals surface area contributed by atoms with Crippen LogP contribution in [0.25, 0.3) is 11.3 Å². The number of esters is 1. The molecule has 2 aromatic rings. The highest BCUT2D eigenvalue weighted by Crippen LogP contribution is 2.24. The fourth-order valence-electron chi connectivity index (χ4n) is 1.54. The van der Waals surface area contributed by atoms with Crippen molar-refractivity contribution in [1.82, 2.24) is 14.8 Å². The van der Waals surface area contributed by atoms with E-state index in [0.29, 0.717) is 11.3 Å². The van der Waals surface area contributed by atoms with Crippen molar-refractivity contribution in [2.24, 2.45) is 7.05 Å². The van der Waals surface area contributed by atoms with Crippen molar-refractivity contribution < 1.29 is 18.7 Å². The Morgan fingerprint density at radius 1 is 1.53 bits per heavy atom. The van der Waals surface area contributed by atoms with Gasteiger partial charge >= 0.3 is 5.97 Å². The molecule has 0 aromatic carbocycles. The molecule has 7 heteroatoms. The number of carbonyl (C=O) groups excluding carboxylic acids is 1. The average molecular weight is 265 g/mol. The molecule has 0 amide bonds. The van der Waals surface area contributed by atoms with Crippen LogP contribution < -0.4 is 4.74 Å². The van der Waals surface area contributed by atoms with Crippen LogP contribution in [0.3, 0.4) is 0 Å². The maximum atomic E-state index is 13.6. The molecular weight excluding hydrogens is 253 g/mol. The molecule has 0 aliphatic heterocycles. The summed E-state index contributed by atoms with van der Waals surface area (Å²) >= 11 is 0. The smallest absolute Gasteiger partial charge is 0.343 e. The van der Waals surface area contributed by atoms with E-state index in [-0.39, 0.29) is 12.5 Å². The van der Waals surface area contributed by atoms with Crippen molar-refractivity contribution in [3.63, 3.8) is 0 Å². The number of ether oxygens (including phenoxy) is 2. The first-order valence-electron chi connectivity index (χ1n) is 5.45. The molecule has 19 heavy (non-hydrogen) atoms. The topological polar surface area (TPSA) is 66.2 Å². The third-order valence-electron chi connectivity index (χ3n) is 2.47. The van der Waals surface area contributed by atoms with Crippen LogP contribution in [0, 0.1) is 5.82 Å². The number of pyridine rings is 1. The fourth-order valence-corrected chi connectivity index (χ4v) is 1.54. The lowest BCUT2D eigenvalue weighted by Gasteiger charge is -2.01. The highest BCUT2D eigenvalue weighted by molar-refractivity contribution is 5.71. The molecule has 0 atom stereocenters. The Morgan fingerprint density at radius 2 is 2.32 bits per heavy atom. The summed E-state index contributed by atoms with van der Waals surface area (Å²) in [6, 6.07) is 3.08. The van der Waals surface area contributed by atoms with E-state index in [1.54, 1.807) is 13.1 Å². The summed E-state index contributed by atoms with van der Waals surface area (Å²) in [5.74, 6) is -0.744. The molecule has 0 radical (unpaired) electrons. The summed E-state index contributed by atoms with van der Waals surface area (Å²) in [4.78, 5) is 14.6. The molecule has 0 spiro atoms. The van der Waals surface area contributed by atoms with Gasteiger partial charge in [-0.05, 0) is 6.07 Å². The Bertz CT molecular complexity index is 598. The predicted molar refractivity (Wildman–Crippen MR) is 63.9 cm³/mol. The van der Waals surface area contributed by atoms with E-state index in [0.717, 1.165) is 6.20 Å². The van der Waals surface area contributed by atoms with Crippen LogP contribution in [0.1, 0.15) is 0 Å². The van der Waals surface area contributed by atoms with Gasteiger partial charge < -0.3 is 9.47 Å². The first kappa shape index (κ1) is 13.0. The minimum atomic E-state index is -0.512. The Morgan fingerprint density at radius 3 is 3.00 bits per heavy atom. The monoisotopic (exact) mass is 265 g/mol. The van der Waals surface area contributed by atoms with Crippen LogP contribution >= 0.6 is 0 Å². The standard InChI is InChI=1S/C12H12FN3O3/c1-16-10(8-3-4-14-6-9(8)13)5-11(15-16)19-7-12(17)18-2/h3-6H,7H2,1-2H3. The average Bonchev–Trinajstić information content (AvgIpc) is 2.77. The van der Waals surface area contributed by atoms with Crippen LogP contribution in [-0.4, -0.2) is 34.5 Å². The van der Waals surface area contributed by atoms with Crippen molar-refractivity contribution in [2.75, 3.05) is 13.7 Å². The zero-order chi connectivity index (χ0) is 13.8. The van der Waals surface area contributed by atoms with E-state index in [1.807, 2.05) is 0 Å². The minimum Gasteiger partial charge on any atom is -0.466 e. The van der Waals surface area contributed by atoms with Crippen molar-refractivity contribution in [3.05, 3.63) is 30.3 Å². The number of aryl methyl sites for hydroxylation is 1. The minimum absolute atomic E-state index is 0.221. The molecule has 0 aliphatic rings. The van der Waals surface area contributed by atoms with E-state index >= 15 is 0 Å². The van der Waals surface area contributed by atoms with Gasteiger partial charge in [0.25, 0.3) is 0 Å². The molecular formula is C12H12FN3O3. The molecule has 0 bridgehead atoms. The Labute approximate surface area is 108 Å². The van der Waals surface area contributed by atoms with Crippen LogP contribution in [0.5, 0.6) is 5.88 Å². The van der Waals surface area contributed by atoms with E-state index in [9.17, 15) is 9.18 Å². The highest BCUT2D eigenvalue weighted by Gasteiger charge is 2.13. The third-order valence-corrected chi connectivity index (χ3v) is 2.47. The molecule has 2 heterocycles. The van der Waals surface area contributed by atoms with E-state index in [1.165, 1.54) is 24.1 Å². The van der Waals surface area contributed by atoms with Gasteiger partial charge in [0.15, 0.2) is 12.4 Å². The van der Waals surface area contributed by atoms with E-state index in [4.69, 9.17) is 4.74 Å². The quantitative estimate of drug-likeness (QED) is 0.776. The summed E-state index contributed by atoms with van der Waals surface area (Å²) in [7, 11) is 2.92. The Kier molecular flexibility index (Phi) is 3.74. The molecule has 100 valence electrons. The van der Waals surface area contributed by atoms with Gasteiger partial charge in [-0.1, -0.05) is 0 Å². The number of nitrogens with zero attached hydrogens (tertiary/aromatic N) is 3. The van der Waals surface area contributed by atoms with Gasteiger partial charge in [-0.2, -0.15) is 0 Å². The number of hydrogen-bond donors (Lipinski definition) is 0. The number of halogens is 1. The van der Waals surface area contributed by atoms with Gasteiger partial charge in [-0.15, -0.1) is 5.10 Å². The molecule has 0 fully saturated rings. The lowest BCUT2D eigenvalue weighted by molar-refractivity contribution is -0.143. The number of aromatic nitrogens is 3. The zero-order valence-electron chi connectivity index (χ0n) is 10.5. The van der Waals surface area contributed by atoms with Crippen molar-refractivity contribution >= 4 is 5.97 Å². The van der Waals surface area contributed by atoms with Gasteiger partial charge in [0.1, 0.15) is 0 Å². The largest absolute Gasteiger partial charge is 0.466 e. The fraction of sp³-hybridized carbons (Fsp3) is 0.250. The first-order chi connectivity index (χ1) is 9.11. The summed E-state index contributed by atoms with van der Waals surface area (Å²) in [5.41, 5.74) is 0.887. The van der Waals surface area contributed by atoms with Crippen LogP contribution in [0.4, 0.5) is 4.39 Å². The Hall–Kier alpha value is -2.44. The second-order valence-electron chi connectivity index (χ2n) is 3.71. The molecule has 0 saturated carbocycles. The molecule has 0 saturated heterocycles. The zero-order valence-corrected chi connectivity index (χ0v) is 10.5. The third kappa shape index (κ3) is 2.87. The van der Waals surface area contributed by atoms with Gasteiger partial charge in [0, 0.05) is 24.9 Å². The van der Waals surface area contributed by atoms with Gasteiger partial charge in [0.2, 0.25) is 5.88 Å². The van der Waals surface area contributed by atoms with Crippen molar-refractivity contribution in [2.45, 2.75) is 0 Å². The second-order valence-corrected chi connectivity index (χ2v) is 3.71. The summed E-state index contributed by atoms with van der Waals surface area (Å²) in [6.07, 6.45) is 2.61. The van der Waals surface area contributed by atoms with Crippen LogP contribution in [0.15, 0.2) is 24.5 Å². The van der Waals surface area contributed by atoms with Crippen LogP contribution in [0.2, 0.25) is 0 Å². The maximum absolute atomic E-state index is 13.6. The lowest BCUT2D eigenvalue weighted by atomic mass is 10.2. The molecule has 0 aliphatic carbocycles. The van der Waals surface area contributed by atoms with Gasteiger partial charge in [-0.3, -0.25) is 9.67 Å². The predicted octanol–water partition coefficient (Wildman–Crippen LogP) is 1.17. The number of hydrogen-bond acceptors (Lipinski definition) is 5. The van der Waals surface area contributed by atoms with Gasteiger partial charge in [0.05, 0.1) is 19.0 Å². The molecule has 2 aromatic heterocycles. The molecule has 0 unspecified atom stereocenters. The summed E-state index contributed by atoms with van der Waals surface area (Å²) in [6.45, 7) is -0.244. The normalized spacial score (nSPS) is 10.3. The number of methoxy groups -OCH3 is 1. The van der Waals surface area contributed by atoms with E-state index < -0.39 is 11.8 Å². The van der Waals surface area contributed by atoms with Crippen molar-refractivity contribution in [1.29, 1.82) is 0 Å². The second kappa shape index (κ2) is 5.47.